The lowest BCUT2D eigenvalue weighted by molar-refractivity contribution is 0.298. The van der Waals surface area contributed by atoms with Crippen molar-refractivity contribution in [1.29, 1.82) is 0 Å². The highest BCUT2D eigenvalue weighted by Gasteiger charge is 2.07. The second kappa shape index (κ2) is 5.04. The van der Waals surface area contributed by atoms with E-state index >= 15 is 0 Å². The van der Waals surface area contributed by atoms with Crippen molar-refractivity contribution in [3.63, 3.8) is 0 Å². The molecule has 5 nitrogen and oxygen atoms in total. The van der Waals surface area contributed by atoms with Crippen LogP contribution in [-0.4, -0.2) is 40.7 Å². The maximum Gasteiger partial charge on any atom is 0.254 e. The van der Waals surface area contributed by atoms with Crippen molar-refractivity contribution in [2.24, 2.45) is 0 Å². The van der Waals surface area contributed by atoms with Gasteiger partial charge in [0.2, 0.25) is 0 Å². The maximum atomic E-state index is 11.6. The smallest absolute Gasteiger partial charge is 0.254 e. The van der Waals surface area contributed by atoms with Gasteiger partial charge in [-0.05, 0) is 21.0 Å². The maximum absolute atomic E-state index is 11.6. The summed E-state index contributed by atoms with van der Waals surface area (Å²) in [5.74, 6) is 0.657. The molecular formula is C10H17N3O2. The van der Waals surface area contributed by atoms with Gasteiger partial charge in [0.25, 0.3) is 5.56 Å². The van der Waals surface area contributed by atoms with E-state index in [4.69, 9.17) is 5.11 Å². The molecule has 5 heteroatoms. The summed E-state index contributed by atoms with van der Waals surface area (Å²) in [4.78, 5) is 20.5. The van der Waals surface area contributed by atoms with E-state index in [-0.39, 0.29) is 12.2 Å². The zero-order valence-electron chi connectivity index (χ0n) is 9.37. The molecule has 1 aromatic heterocycles. The molecule has 0 aromatic carbocycles. The largest absolute Gasteiger partial charge is 0.396 e. The zero-order chi connectivity index (χ0) is 11.4. The Balaban J connectivity index is 3.03. The van der Waals surface area contributed by atoms with Gasteiger partial charge in [0.05, 0.1) is 6.54 Å². The third-order valence-electron chi connectivity index (χ3n) is 2.10. The van der Waals surface area contributed by atoms with Crippen LogP contribution in [-0.2, 0) is 13.0 Å². The van der Waals surface area contributed by atoms with E-state index in [9.17, 15) is 4.79 Å². The molecule has 0 saturated heterocycles. The summed E-state index contributed by atoms with van der Waals surface area (Å²) in [6.07, 6.45) is 0.358. The molecule has 2 N–H and O–H groups in total. The molecule has 0 aliphatic rings. The van der Waals surface area contributed by atoms with Crippen molar-refractivity contribution < 1.29 is 5.11 Å². The number of hydrogen-bond donors (Lipinski definition) is 2. The molecule has 0 aliphatic heterocycles. The first-order valence-corrected chi connectivity index (χ1v) is 4.89. The number of H-pyrrole nitrogens is 1. The molecular weight excluding hydrogens is 194 g/mol. The molecule has 84 valence electrons. The van der Waals surface area contributed by atoms with E-state index in [1.165, 1.54) is 0 Å². The first-order chi connectivity index (χ1) is 7.04. The van der Waals surface area contributed by atoms with Crippen LogP contribution in [0.1, 0.15) is 17.1 Å². The Morgan fingerprint density at radius 2 is 2.13 bits per heavy atom. The van der Waals surface area contributed by atoms with Crippen LogP contribution < -0.4 is 5.56 Å². The number of aromatic amines is 1. The Kier molecular flexibility index (Phi) is 3.99. The molecule has 0 radical (unpaired) electrons. The number of nitrogens with zero attached hydrogens (tertiary/aromatic N) is 2. The molecule has 0 saturated carbocycles. The Morgan fingerprint density at radius 1 is 1.47 bits per heavy atom. The lowest BCUT2D eigenvalue weighted by atomic mass is 10.2. The standard InChI is InChI=1S/C10H17N3O2/c1-7-8(4-5-14)10(15)12-9(11-7)6-13(2)3/h14H,4-6H2,1-3H3,(H,11,12,15). The fraction of sp³-hybridized carbons (Fsp3) is 0.600. The van der Waals surface area contributed by atoms with Crippen LogP contribution in [0.15, 0.2) is 4.79 Å². The van der Waals surface area contributed by atoms with Crippen molar-refractivity contribution in [3.05, 3.63) is 27.4 Å². The minimum absolute atomic E-state index is 0.0291. The second-order valence-electron chi connectivity index (χ2n) is 3.79. The average Bonchev–Trinajstić information content (AvgIpc) is 2.10. The number of nitrogens with one attached hydrogen (secondary N) is 1. The first kappa shape index (κ1) is 11.9. The Hall–Kier alpha value is -1.20. The van der Waals surface area contributed by atoms with Crippen molar-refractivity contribution in [3.8, 4) is 0 Å². The van der Waals surface area contributed by atoms with Crippen LogP contribution in [0.5, 0.6) is 0 Å². The van der Waals surface area contributed by atoms with Crippen LogP contribution in [0.2, 0.25) is 0 Å². The van der Waals surface area contributed by atoms with Crippen LogP contribution >= 0.6 is 0 Å². The van der Waals surface area contributed by atoms with Crippen LogP contribution in [0, 0.1) is 6.92 Å². The zero-order valence-corrected chi connectivity index (χ0v) is 9.37. The molecule has 15 heavy (non-hydrogen) atoms. The van der Waals surface area contributed by atoms with Gasteiger partial charge < -0.3 is 15.0 Å². The van der Waals surface area contributed by atoms with E-state index in [1.54, 1.807) is 6.92 Å². The molecule has 1 heterocycles. The lowest BCUT2D eigenvalue weighted by Gasteiger charge is -2.10. The summed E-state index contributed by atoms with van der Waals surface area (Å²) in [5, 5.41) is 8.79. The molecule has 0 bridgehead atoms. The van der Waals surface area contributed by atoms with Gasteiger partial charge in [-0.2, -0.15) is 0 Å². The van der Waals surface area contributed by atoms with E-state index < -0.39 is 0 Å². The fourth-order valence-electron chi connectivity index (χ4n) is 1.45. The van der Waals surface area contributed by atoms with Crippen LogP contribution in [0.4, 0.5) is 0 Å². The summed E-state index contributed by atoms with van der Waals surface area (Å²) in [6, 6.07) is 0. The van der Waals surface area contributed by atoms with Gasteiger partial charge in [-0.15, -0.1) is 0 Å². The Morgan fingerprint density at radius 3 is 2.60 bits per heavy atom. The van der Waals surface area contributed by atoms with Gasteiger partial charge in [-0.3, -0.25) is 4.79 Å². The number of aryl methyl sites for hydroxylation is 1. The summed E-state index contributed by atoms with van der Waals surface area (Å²) < 4.78 is 0. The first-order valence-electron chi connectivity index (χ1n) is 4.89. The molecule has 0 unspecified atom stereocenters. The summed E-state index contributed by atoms with van der Waals surface area (Å²) >= 11 is 0. The number of aliphatic hydroxyl groups is 1. The minimum atomic E-state index is -0.145. The number of hydrogen-bond acceptors (Lipinski definition) is 4. The molecule has 1 rings (SSSR count). The van der Waals surface area contributed by atoms with Gasteiger partial charge in [-0.25, -0.2) is 4.98 Å². The molecule has 0 amide bonds. The summed E-state index contributed by atoms with van der Waals surface area (Å²) in [5.41, 5.74) is 1.12. The predicted molar refractivity (Wildman–Crippen MR) is 57.8 cm³/mol. The van der Waals surface area contributed by atoms with E-state index in [1.807, 2.05) is 19.0 Å². The van der Waals surface area contributed by atoms with Crippen LogP contribution in [0.3, 0.4) is 0 Å². The lowest BCUT2D eigenvalue weighted by Crippen LogP contribution is -2.23. The molecule has 0 fully saturated rings. The highest BCUT2D eigenvalue weighted by atomic mass is 16.3. The summed E-state index contributed by atoms with van der Waals surface area (Å²) in [7, 11) is 3.83. The second-order valence-corrected chi connectivity index (χ2v) is 3.79. The van der Waals surface area contributed by atoms with Crippen LogP contribution in [0.25, 0.3) is 0 Å². The molecule has 0 aliphatic carbocycles. The van der Waals surface area contributed by atoms with Crippen molar-refractivity contribution in [2.45, 2.75) is 19.9 Å². The third-order valence-corrected chi connectivity index (χ3v) is 2.10. The number of rotatable bonds is 4. The van der Waals surface area contributed by atoms with Gasteiger partial charge in [0, 0.05) is 24.3 Å². The van der Waals surface area contributed by atoms with Gasteiger partial charge in [-0.1, -0.05) is 0 Å². The average molecular weight is 211 g/mol. The third kappa shape index (κ3) is 3.14. The SMILES string of the molecule is Cc1nc(CN(C)C)[nH]c(=O)c1CCO. The van der Waals surface area contributed by atoms with Gasteiger partial charge >= 0.3 is 0 Å². The van der Waals surface area contributed by atoms with Gasteiger partial charge in [0.15, 0.2) is 0 Å². The van der Waals surface area contributed by atoms with Crippen molar-refractivity contribution in [1.82, 2.24) is 14.9 Å². The number of aliphatic hydroxyl groups excluding tert-OH is 1. The highest BCUT2D eigenvalue weighted by molar-refractivity contribution is 5.16. The molecule has 0 atom stereocenters. The molecule has 0 spiro atoms. The van der Waals surface area contributed by atoms with Gasteiger partial charge in [0.1, 0.15) is 5.82 Å². The van der Waals surface area contributed by atoms with E-state index in [0.717, 1.165) is 0 Å². The predicted octanol–water partition coefficient (Wildman–Crippen LogP) is -0.325. The quantitative estimate of drug-likeness (QED) is 0.716. The molecule has 1 aromatic rings. The highest BCUT2D eigenvalue weighted by Crippen LogP contribution is 2.00. The fourth-order valence-corrected chi connectivity index (χ4v) is 1.45. The Bertz CT molecular complexity index is 385. The minimum Gasteiger partial charge on any atom is -0.396 e. The van der Waals surface area contributed by atoms with E-state index in [2.05, 4.69) is 9.97 Å². The normalized spacial score (nSPS) is 11.0. The van der Waals surface area contributed by atoms with Crippen molar-refractivity contribution in [2.75, 3.05) is 20.7 Å². The Labute approximate surface area is 88.8 Å². The summed E-state index contributed by atoms with van der Waals surface area (Å²) in [6.45, 7) is 2.37. The van der Waals surface area contributed by atoms with Crippen molar-refractivity contribution >= 4 is 0 Å². The monoisotopic (exact) mass is 211 g/mol. The topological polar surface area (TPSA) is 69.2 Å². The van der Waals surface area contributed by atoms with E-state index in [0.29, 0.717) is 30.0 Å². The number of aromatic nitrogens is 2.